The Hall–Kier alpha value is -1.04. The number of benzene rings is 1. The normalized spacial score (nSPS) is 33.4. The van der Waals surface area contributed by atoms with Crippen molar-refractivity contribution in [3.8, 4) is 0 Å². The van der Waals surface area contributed by atoms with Gasteiger partial charge in [0.2, 0.25) is 0 Å². The molecule has 1 saturated carbocycles. The van der Waals surface area contributed by atoms with Gasteiger partial charge in [0, 0.05) is 5.41 Å². The minimum absolute atomic E-state index is 0.459. The number of rotatable bonds is 0. The molecular formula is C18H22. The lowest BCUT2D eigenvalue weighted by Gasteiger charge is -2.51. The average Bonchev–Trinajstić information content (AvgIpc) is 2.40. The van der Waals surface area contributed by atoms with Gasteiger partial charge >= 0.3 is 0 Å². The SMILES string of the molecule is Cc1ccc2c(c1)C13CCCC=C1C(CCC3)C2. The van der Waals surface area contributed by atoms with Crippen molar-refractivity contribution >= 4 is 0 Å². The smallest absolute Gasteiger partial charge is 0.0167 e. The summed E-state index contributed by atoms with van der Waals surface area (Å²) >= 11 is 0. The van der Waals surface area contributed by atoms with Crippen LogP contribution < -0.4 is 0 Å². The maximum Gasteiger partial charge on any atom is 0.0167 e. The Kier molecular flexibility index (Phi) is 2.24. The molecule has 0 aromatic heterocycles. The van der Waals surface area contributed by atoms with E-state index in [9.17, 15) is 0 Å². The summed E-state index contributed by atoms with van der Waals surface area (Å²) in [7, 11) is 0. The molecular weight excluding hydrogens is 216 g/mol. The molecule has 18 heavy (non-hydrogen) atoms. The minimum atomic E-state index is 0.459. The van der Waals surface area contributed by atoms with Crippen molar-refractivity contribution in [1.29, 1.82) is 0 Å². The van der Waals surface area contributed by atoms with Gasteiger partial charge in [-0.1, -0.05) is 41.8 Å². The van der Waals surface area contributed by atoms with Crippen molar-refractivity contribution in [3.05, 3.63) is 46.5 Å². The summed E-state index contributed by atoms with van der Waals surface area (Å²) in [5.74, 6) is 0.870. The summed E-state index contributed by atoms with van der Waals surface area (Å²) < 4.78 is 0. The van der Waals surface area contributed by atoms with Crippen molar-refractivity contribution in [2.24, 2.45) is 5.92 Å². The molecule has 0 heteroatoms. The van der Waals surface area contributed by atoms with Gasteiger partial charge in [-0.2, -0.15) is 0 Å². The lowest BCUT2D eigenvalue weighted by Crippen LogP contribution is -2.42. The Morgan fingerprint density at radius 3 is 3.00 bits per heavy atom. The second-order valence-corrected chi connectivity index (χ2v) is 6.59. The Balaban J connectivity index is 1.98. The maximum absolute atomic E-state index is 2.61. The van der Waals surface area contributed by atoms with E-state index in [-0.39, 0.29) is 0 Å². The van der Waals surface area contributed by atoms with E-state index in [0.717, 1.165) is 5.92 Å². The number of hydrogen-bond donors (Lipinski definition) is 0. The first-order valence-corrected chi connectivity index (χ1v) is 7.60. The van der Waals surface area contributed by atoms with Gasteiger partial charge in [0.05, 0.1) is 0 Å². The summed E-state index contributed by atoms with van der Waals surface area (Å²) in [6.07, 6.45) is 12.3. The van der Waals surface area contributed by atoms with Gasteiger partial charge in [0.15, 0.2) is 0 Å². The van der Waals surface area contributed by atoms with Crippen molar-refractivity contribution in [2.45, 2.75) is 57.3 Å². The summed E-state index contributed by atoms with van der Waals surface area (Å²) in [4.78, 5) is 0. The Morgan fingerprint density at radius 1 is 1.17 bits per heavy atom. The number of aryl methyl sites for hydroxylation is 1. The zero-order valence-corrected chi connectivity index (χ0v) is 11.3. The van der Waals surface area contributed by atoms with Crippen molar-refractivity contribution in [2.75, 3.05) is 0 Å². The predicted octanol–water partition coefficient (Wildman–Crippen LogP) is 4.70. The first-order valence-electron chi connectivity index (χ1n) is 7.60. The van der Waals surface area contributed by atoms with Crippen LogP contribution in [0.2, 0.25) is 0 Å². The predicted molar refractivity (Wildman–Crippen MR) is 75.8 cm³/mol. The third-order valence-electron chi connectivity index (χ3n) is 5.57. The van der Waals surface area contributed by atoms with Gasteiger partial charge in [0.25, 0.3) is 0 Å². The van der Waals surface area contributed by atoms with Gasteiger partial charge in [-0.3, -0.25) is 0 Å². The van der Waals surface area contributed by atoms with Gasteiger partial charge in [-0.25, -0.2) is 0 Å². The van der Waals surface area contributed by atoms with E-state index in [0.29, 0.717) is 5.41 Å². The molecule has 3 aliphatic carbocycles. The Morgan fingerprint density at radius 2 is 2.06 bits per heavy atom. The molecule has 0 amide bonds. The van der Waals surface area contributed by atoms with E-state index < -0.39 is 0 Å². The molecule has 1 aromatic rings. The van der Waals surface area contributed by atoms with Crippen molar-refractivity contribution in [3.63, 3.8) is 0 Å². The third kappa shape index (κ3) is 1.32. The van der Waals surface area contributed by atoms with Crippen LogP contribution >= 0.6 is 0 Å². The highest BCUT2D eigenvalue weighted by molar-refractivity contribution is 5.50. The molecule has 2 unspecified atom stereocenters. The molecule has 0 N–H and O–H groups in total. The number of allylic oxidation sites excluding steroid dienone is 2. The standard InChI is InChI=1S/C18H22/c1-13-7-8-15-12-14-5-4-10-18(17(15)11-13)9-3-2-6-16(14)18/h6-8,11,14H,2-5,9-10,12H2,1H3. The summed E-state index contributed by atoms with van der Waals surface area (Å²) in [6, 6.07) is 7.22. The van der Waals surface area contributed by atoms with Gasteiger partial charge in [-0.15, -0.1) is 0 Å². The van der Waals surface area contributed by atoms with E-state index in [4.69, 9.17) is 0 Å². The molecule has 3 aliphatic rings. The van der Waals surface area contributed by atoms with Crippen LogP contribution in [0.3, 0.4) is 0 Å². The van der Waals surface area contributed by atoms with Gasteiger partial charge in [0.1, 0.15) is 0 Å². The Labute approximate surface area is 110 Å². The molecule has 0 heterocycles. The third-order valence-corrected chi connectivity index (χ3v) is 5.57. The fourth-order valence-electron chi connectivity index (χ4n) is 4.85. The number of hydrogen-bond acceptors (Lipinski definition) is 0. The minimum Gasteiger partial charge on any atom is -0.0841 e. The molecule has 0 aliphatic heterocycles. The van der Waals surface area contributed by atoms with Crippen LogP contribution in [0, 0.1) is 12.8 Å². The first-order chi connectivity index (χ1) is 8.79. The monoisotopic (exact) mass is 238 g/mol. The molecule has 1 aromatic carbocycles. The zero-order chi connectivity index (χ0) is 12.2. The topological polar surface area (TPSA) is 0 Å². The van der Waals surface area contributed by atoms with E-state index in [2.05, 4.69) is 31.2 Å². The highest BCUT2D eigenvalue weighted by Crippen LogP contribution is 2.56. The molecule has 2 bridgehead atoms. The van der Waals surface area contributed by atoms with Gasteiger partial charge in [-0.05, 0) is 62.5 Å². The largest absolute Gasteiger partial charge is 0.0841 e. The zero-order valence-electron chi connectivity index (χ0n) is 11.3. The molecule has 1 fully saturated rings. The van der Waals surface area contributed by atoms with Crippen LogP contribution in [0.15, 0.2) is 29.8 Å². The van der Waals surface area contributed by atoms with Gasteiger partial charge < -0.3 is 0 Å². The van der Waals surface area contributed by atoms with Crippen LogP contribution in [-0.4, -0.2) is 0 Å². The number of fused-ring (bicyclic) bond motifs is 1. The molecule has 4 rings (SSSR count). The second kappa shape index (κ2) is 3.73. The second-order valence-electron chi connectivity index (χ2n) is 6.59. The summed E-state index contributed by atoms with van der Waals surface area (Å²) in [5.41, 5.74) is 7.09. The lowest BCUT2D eigenvalue weighted by molar-refractivity contribution is 0.262. The molecule has 94 valence electrons. The molecule has 0 saturated heterocycles. The van der Waals surface area contributed by atoms with Crippen LogP contribution in [0.4, 0.5) is 0 Å². The molecule has 0 radical (unpaired) electrons. The van der Waals surface area contributed by atoms with E-state index in [1.165, 1.54) is 50.5 Å². The Bertz CT molecular complexity index is 523. The summed E-state index contributed by atoms with van der Waals surface area (Å²) in [6.45, 7) is 2.25. The molecule has 0 spiro atoms. The van der Waals surface area contributed by atoms with Crippen molar-refractivity contribution < 1.29 is 0 Å². The van der Waals surface area contributed by atoms with Crippen LogP contribution in [0.25, 0.3) is 0 Å². The van der Waals surface area contributed by atoms with E-state index in [1.807, 2.05) is 5.57 Å². The average molecular weight is 238 g/mol. The van der Waals surface area contributed by atoms with E-state index in [1.54, 1.807) is 11.1 Å². The van der Waals surface area contributed by atoms with E-state index >= 15 is 0 Å². The fourth-order valence-corrected chi connectivity index (χ4v) is 4.85. The van der Waals surface area contributed by atoms with Crippen LogP contribution in [0.5, 0.6) is 0 Å². The summed E-state index contributed by atoms with van der Waals surface area (Å²) in [5, 5.41) is 0. The first kappa shape index (κ1) is 10.8. The van der Waals surface area contributed by atoms with Crippen LogP contribution in [-0.2, 0) is 11.8 Å². The highest BCUT2D eigenvalue weighted by Gasteiger charge is 2.47. The fraction of sp³-hybridized carbons (Fsp3) is 0.556. The van der Waals surface area contributed by atoms with Crippen LogP contribution in [0.1, 0.15) is 55.2 Å². The highest BCUT2D eigenvalue weighted by atomic mass is 14.5. The van der Waals surface area contributed by atoms with Crippen molar-refractivity contribution in [1.82, 2.24) is 0 Å². The molecule has 2 atom stereocenters. The lowest BCUT2D eigenvalue weighted by atomic mass is 9.53. The molecule has 0 nitrogen and oxygen atoms in total. The quantitative estimate of drug-likeness (QED) is 0.575. The maximum atomic E-state index is 2.61.